The van der Waals surface area contributed by atoms with Crippen molar-refractivity contribution in [3.63, 3.8) is 0 Å². The van der Waals surface area contributed by atoms with Gasteiger partial charge in [-0.15, -0.1) is 0 Å². The number of ether oxygens (including phenoxy) is 1. The number of amides is 4. The molecule has 1 N–H and O–H groups in total. The van der Waals surface area contributed by atoms with Crippen LogP contribution in [-0.2, 0) is 16.6 Å². The molecule has 25 heavy (non-hydrogen) atoms. The number of anilines is 1. The number of hydrogen-bond donors (Lipinski definition) is 1. The molecule has 0 aliphatic carbocycles. The van der Waals surface area contributed by atoms with Gasteiger partial charge in [-0.05, 0) is 37.3 Å². The maximum absolute atomic E-state index is 12.8. The Hall–Kier alpha value is -3.35. The number of urea groups is 1. The van der Waals surface area contributed by atoms with Gasteiger partial charge in [0.25, 0.3) is 11.8 Å². The van der Waals surface area contributed by atoms with Gasteiger partial charge in [0.15, 0.2) is 0 Å². The summed E-state index contributed by atoms with van der Waals surface area (Å²) in [6.45, 7) is 2.30. The van der Waals surface area contributed by atoms with Crippen LogP contribution in [0.1, 0.15) is 12.6 Å². The van der Waals surface area contributed by atoms with E-state index in [0.717, 1.165) is 4.90 Å². The first-order valence-electron chi connectivity index (χ1n) is 7.77. The summed E-state index contributed by atoms with van der Waals surface area (Å²) in [7, 11) is 1.80. The Morgan fingerprint density at radius 2 is 1.96 bits per heavy atom. The first-order chi connectivity index (χ1) is 12.0. The summed E-state index contributed by atoms with van der Waals surface area (Å²) >= 11 is 0. The molecule has 4 amide bonds. The van der Waals surface area contributed by atoms with Crippen LogP contribution in [0.2, 0.25) is 0 Å². The van der Waals surface area contributed by atoms with Crippen LogP contribution in [0.4, 0.5) is 10.5 Å². The molecule has 1 aliphatic heterocycles. The van der Waals surface area contributed by atoms with E-state index in [9.17, 15) is 14.4 Å². The van der Waals surface area contributed by atoms with E-state index < -0.39 is 17.8 Å². The van der Waals surface area contributed by atoms with E-state index in [1.807, 2.05) is 6.92 Å². The number of carbonyl (C=O) groups excluding carboxylic acids is 3. The second kappa shape index (κ2) is 6.64. The number of imide groups is 2. The number of carbonyl (C=O) groups is 3. The minimum absolute atomic E-state index is 0.108. The van der Waals surface area contributed by atoms with Crippen molar-refractivity contribution in [3.8, 4) is 5.75 Å². The summed E-state index contributed by atoms with van der Waals surface area (Å²) in [5, 5.41) is 2.20. The molecule has 0 unspecified atom stereocenters. The lowest BCUT2D eigenvalue weighted by Crippen LogP contribution is -2.54. The molecule has 1 aromatic carbocycles. The maximum atomic E-state index is 12.8. The number of nitrogens with one attached hydrogen (secondary N) is 1. The molecule has 0 bridgehead atoms. The molecule has 2 aromatic rings. The van der Waals surface area contributed by atoms with Gasteiger partial charge >= 0.3 is 6.03 Å². The number of benzene rings is 1. The Kier molecular flexibility index (Phi) is 4.38. The topological polar surface area (TPSA) is 80.6 Å². The molecule has 0 atom stereocenters. The van der Waals surface area contributed by atoms with Crippen molar-refractivity contribution in [2.75, 3.05) is 11.5 Å². The SMILES string of the molecule is CCOc1cccc(N2C(=O)NC(=O)/C(=C\c3cccn3C)C2=O)c1. The van der Waals surface area contributed by atoms with E-state index in [4.69, 9.17) is 4.74 Å². The minimum atomic E-state index is -0.785. The highest BCUT2D eigenvalue weighted by atomic mass is 16.5. The quantitative estimate of drug-likeness (QED) is 0.683. The number of rotatable bonds is 4. The predicted molar refractivity (Wildman–Crippen MR) is 92.0 cm³/mol. The lowest BCUT2D eigenvalue weighted by atomic mass is 10.1. The van der Waals surface area contributed by atoms with Crippen LogP contribution in [0.3, 0.4) is 0 Å². The lowest BCUT2D eigenvalue weighted by Gasteiger charge is -2.26. The number of hydrogen-bond acceptors (Lipinski definition) is 4. The van der Waals surface area contributed by atoms with Gasteiger partial charge in [-0.25, -0.2) is 9.69 Å². The summed E-state index contributed by atoms with van der Waals surface area (Å²) in [6.07, 6.45) is 3.26. The zero-order valence-corrected chi connectivity index (χ0v) is 13.9. The van der Waals surface area contributed by atoms with Crippen molar-refractivity contribution >= 4 is 29.6 Å². The van der Waals surface area contributed by atoms with Crippen LogP contribution in [0.15, 0.2) is 48.2 Å². The molecule has 2 heterocycles. The van der Waals surface area contributed by atoms with Gasteiger partial charge in [-0.1, -0.05) is 6.07 Å². The summed E-state index contributed by atoms with van der Waals surface area (Å²) in [5.41, 5.74) is 0.901. The highest BCUT2D eigenvalue weighted by molar-refractivity contribution is 6.39. The zero-order valence-electron chi connectivity index (χ0n) is 13.9. The van der Waals surface area contributed by atoms with E-state index in [1.54, 1.807) is 54.2 Å². The van der Waals surface area contributed by atoms with Crippen molar-refractivity contribution in [1.29, 1.82) is 0 Å². The van der Waals surface area contributed by atoms with E-state index in [0.29, 0.717) is 23.7 Å². The monoisotopic (exact) mass is 339 g/mol. The summed E-state index contributed by atoms with van der Waals surface area (Å²) < 4.78 is 7.17. The van der Waals surface area contributed by atoms with Crippen molar-refractivity contribution in [3.05, 3.63) is 53.9 Å². The number of barbiturate groups is 1. The number of aryl methyl sites for hydroxylation is 1. The Balaban J connectivity index is 2.00. The normalized spacial score (nSPS) is 16.3. The van der Waals surface area contributed by atoms with Crippen molar-refractivity contribution in [1.82, 2.24) is 9.88 Å². The maximum Gasteiger partial charge on any atom is 0.335 e. The molecule has 128 valence electrons. The Morgan fingerprint density at radius 1 is 1.16 bits per heavy atom. The molecular formula is C18H17N3O4. The predicted octanol–water partition coefficient (Wildman–Crippen LogP) is 2.09. The molecular weight excluding hydrogens is 322 g/mol. The molecule has 7 nitrogen and oxygen atoms in total. The summed E-state index contributed by atoms with van der Waals surface area (Å²) in [4.78, 5) is 38.0. The molecule has 0 saturated carbocycles. The van der Waals surface area contributed by atoms with E-state index >= 15 is 0 Å². The zero-order chi connectivity index (χ0) is 18.0. The third-order valence-corrected chi connectivity index (χ3v) is 3.76. The highest BCUT2D eigenvalue weighted by Crippen LogP contribution is 2.25. The number of nitrogens with zero attached hydrogens (tertiary/aromatic N) is 2. The van der Waals surface area contributed by atoms with Gasteiger partial charge in [-0.2, -0.15) is 0 Å². The smallest absolute Gasteiger partial charge is 0.335 e. The molecule has 1 aromatic heterocycles. The molecule has 0 radical (unpaired) electrons. The Labute approximate surface area is 144 Å². The van der Waals surface area contributed by atoms with Crippen molar-refractivity contribution < 1.29 is 19.1 Å². The van der Waals surface area contributed by atoms with Crippen LogP contribution < -0.4 is 15.0 Å². The molecule has 0 spiro atoms. The van der Waals surface area contributed by atoms with Gasteiger partial charge < -0.3 is 9.30 Å². The number of aromatic nitrogens is 1. The first-order valence-corrected chi connectivity index (χ1v) is 7.77. The largest absolute Gasteiger partial charge is 0.494 e. The Bertz CT molecular complexity index is 882. The highest BCUT2D eigenvalue weighted by Gasteiger charge is 2.37. The average molecular weight is 339 g/mol. The minimum Gasteiger partial charge on any atom is -0.494 e. The third kappa shape index (κ3) is 3.16. The Morgan fingerprint density at radius 3 is 2.64 bits per heavy atom. The first kappa shape index (κ1) is 16.5. The summed E-state index contributed by atoms with van der Waals surface area (Å²) in [6, 6.07) is 9.37. The van der Waals surface area contributed by atoms with Gasteiger partial charge in [0.2, 0.25) is 0 Å². The fourth-order valence-corrected chi connectivity index (χ4v) is 2.54. The van der Waals surface area contributed by atoms with Crippen LogP contribution in [0.25, 0.3) is 6.08 Å². The van der Waals surface area contributed by atoms with Crippen LogP contribution in [0, 0.1) is 0 Å². The molecule has 7 heteroatoms. The van der Waals surface area contributed by atoms with E-state index in [2.05, 4.69) is 5.32 Å². The van der Waals surface area contributed by atoms with Crippen molar-refractivity contribution in [2.45, 2.75) is 6.92 Å². The summed E-state index contributed by atoms with van der Waals surface area (Å²) in [5.74, 6) is -0.859. The fraction of sp³-hybridized carbons (Fsp3) is 0.167. The van der Waals surface area contributed by atoms with Crippen LogP contribution in [-0.4, -0.2) is 29.0 Å². The second-order valence-corrected chi connectivity index (χ2v) is 5.43. The average Bonchev–Trinajstić information content (AvgIpc) is 2.97. The van der Waals surface area contributed by atoms with E-state index in [1.165, 1.54) is 6.08 Å². The van der Waals surface area contributed by atoms with Crippen LogP contribution in [0.5, 0.6) is 5.75 Å². The van der Waals surface area contributed by atoms with E-state index in [-0.39, 0.29) is 5.57 Å². The van der Waals surface area contributed by atoms with Gasteiger partial charge in [0.1, 0.15) is 11.3 Å². The standard InChI is InChI=1S/C18H17N3O4/c1-3-25-14-8-4-6-13(10-14)21-17(23)15(16(22)19-18(21)24)11-12-7-5-9-20(12)2/h4-11H,3H2,1-2H3,(H,19,22,24)/b15-11+. The molecule has 1 saturated heterocycles. The third-order valence-electron chi connectivity index (χ3n) is 3.76. The second-order valence-electron chi connectivity index (χ2n) is 5.43. The van der Waals surface area contributed by atoms with Gasteiger partial charge in [-0.3, -0.25) is 14.9 Å². The lowest BCUT2D eigenvalue weighted by molar-refractivity contribution is -0.122. The molecule has 1 fully saturated rings. The van der Waals surface area contributed by atoms with Gasteiger partial charge in [0.05, 0.1) is 12.3 Å². The molecule has 1 aliphatic rings. The van der Waals surface area contributed by atoms with Crippen molar-refractivity contribution in [2.24, 2.45) is 7.05 Å². The van der Waals surface area contributed by atoms with Gasteiger partial charge in [0, 0.05) is 25.0 Å². The van der Waals surface area contributed by atoms with Crippen LogP contribution >= 0.6 is 0 Å². The fourth-order valence-electron chi connectivity index (χ4n) is 2.54. The molecule has 3 rings (SSSR count).